The van der Waals surface area contributed by atoms with E-state index < -0.39 is 17.8 Å². The molecule has 0 spiro atoms. The van der Waals surface area contributed by atoms with E-state index in [0.717, 1.165) is 6.07 Å². The van der Waals surface area contributed by atoms with Crippen LogP contribution in [0.25, 0.3) is 0 Å². The van der Waals surface area contributed by atoms with Crippen molar-refractivity contribution in [3.63, 3.8) is 0 Å². The van der Waals surface area contributed by atoms with Gasteiger partial charge in [-0.05, 0) is 24.1 Å². The molecule has 1 amide bonds. The highest BCUT2D eigenvalue weighted by atomic mass is 35.5. The van der Waals surface area contributed by atoms with Crippen molar-refractivity contribution in [3.8, 4) is 0 Å². The highest BCUT2D eigenvalue weighted by molar-refractivity contribution is 6.31. The summed E-state index contributed by atoms with van der Waals surface area (Å²) in [6.45, 7) is 6.20. The highest BCUT2D eigenvalue weighted by Gasteiger charge is 2.23. The van der Waals surface area contributed by atoms with Crippen LogP contribution in [0.2, 0.25) is 5.02 Å². The van der Waals surface area contributed by atoms with Gasteiger partial charge >= 0.3 is 0 Å². The first kappa shape index (κ1) is 20.3. The van der Waals surface area contributed by atoms with Crippen LogP contribution in [0.3, 0.4) is 0 Å². The first-order chi connectivity index (χ1) is 13.3. The van der Waals surface area contributed by atoms with Gasteiger partial charge in [0.1, 0.15) is 5.82 Å². The molecule has 2 heterocycles. The molecule has 1 aromatic heterocycles. The predicted octanol–water partition coefficient (Wildman–Crippen LogP) is 2.53. The van der Waals surface area contributed by atoms with Gasteiger partial charge in [-0.1, -0.05) is 25.4 Å². The van der Waals surface area contributed by atoms with Crippen molar-refractivity contribution in [2.45, 2.75) is 19.9 Å². The first-order valence-electron chi connectivity index (χ1n) is 9.05. The molecule has 1 aliphatic rings. The summed E-state index contributed by atoms with van der Waals surface area (Å²) in [5.41, 5.74) is 0.397. The summed E-state index contributed by atoms with van der Waals surface area (Å²) in [4.78, 5) is 34.1. The Morgan fingerprint density at radius 3 is 2.68 bits per heavy atom. The number of hydrogen-bond acceptors (Lipinski definition) is 5. The van der Waals surface area contributed by atoms with E-state index in [1.165, 1.54) is 18.2 Å². The van der Waals surface area contributed by atoms with Gasteiger partial charge in [0.2, 0.25) is 5.95 Å². The van der Waals surface area contributed by atoms with Crippen LogP contribution in [0.5, 0.6) is 0 Å². The number of halogens is 2. The summed E-state index contributed by atoms with van der Waals surface area (Å²) in [5.74, 6) is -0.595. The van der Waals surface area contributed by atoms with Crippen molar-refractivity contribution in [1.29, 1.82) is 0 Å². The molecule has 0 radical (unpaired) electrons. The number of benzene rings is 1. The lowest BCUT2D eigenvalue weighted by atomic mass is 10.00. The van der Waals surface area contributed by atoms with E-state index in [4.69, 9.17) is 16.3 Å². The molecule has 150 valence electrons. The summed E-state index contributed by atoms with van der Waals surface area (Å²) >= 11 is 5.77. The molecule has 1 aromatic carbocycles. The molecule has 0 saturated carbocycles. The molecule has 1 unspecified atom stereocenters. The lowest BCUT2D eigenvalue weighted by molar-refractivity contribution is 0.0924. The van der Waals surface area contributed by atoms with Crippen LogP contribution in [0.15, 0.2) is 29.1 Å². The smallest absolute Gasteiger partial charge is 0.252 e. The molecule has 1 atom stereocenters. The zero-order chi connectivity index (χ0) is 20.3. The van der Waals surface area contributed by atoms with E-state index in [2.05, 4.69) is 15.3 Å². The average molecular weight is 409 g/mol. The van der Waals surface area contributed by atoms with Crippen LogP contribution in [0.4, 0.5) is 10.3 Å². The van der Waals surface area contributed by atoms with Crippen LogP contribution in [-0.4, -0.2) is 42.2 Å². The number of hydrogen-bond donors (Lipinski definition) is 2. The average Bonchev–Trinajstić information content (AvgIpc) is 2.68. The Morgan fingerprint density at radius 2 is 2.04 bits per heavy atom. The molecule has 2 aromatic rings. The number of morpholine rings is 1. The normalized spacial score (nSPS) is 15.5. The summed E-state index contributed by atoms with van der Waals surface area (Å²) in [6.07, 6.45) is 0. The van der Waals surface area contributed by atoms with E-state index in [9.17, 15) is 14.0 Å². The Kier molecular flexibility index (Phi) is 6.31. The lowest BCUT2D eigenvalue weighted by Gasteiger charge is -2.28. The largest absolute Gasteiger partial charge is 0.378 e. The third-order valence-electron chi connectivity index (χ3n) is 4.51. The standard InChI is InChI=1S/C19H22ClFN4O3/c1-11(2)17(24-18(27)12-3-4-14(21)13(20)9-12)15-10-16(26)23-19(22-15)25-5-7-28-8-6-25/h3-4,9-11,17H,5-8H2,1-2H3,(H,24,27)(H,22,23,26). The van der Waals surface area contributed by atoms with Crippen LogP contribution < -0.4 is 15.8 Å². The molecule has 0 bridgehead atoms. The zero-order valence-corrected chi connectivity index (χ0v) is 16.4. The number of aromatic amines is 1. The van der Waals surface area contributed by atoms with Gasteiger partial charge in [-0.2, -0.15) is 0 Å². The fourth-order valence-corrected chi connectivity index (χ4v) is 3.17. The van der Waals surface area contributed by atoms with Gasteiger partial charge in [-0.15, -0.1) is 0 Å². The molecule has 28 heavy (non-hydrogen) atoms. The molecule has 1 fully saturated rings. The minimum absolute atomic E-state index is 0.0355. The highest BCUT2D eigenvalue weighted by Crippen LogP contribution is 2.22. The number of aromatic nitrogens is 2. The van der Waals surface area contributed by atoms with Gasteiger partial charge in [-0.3, -0.25) is 14.6 Å². The van der Waals surface area contributed by atoms with E-state index >= 15 is 0 Å². The number of anilines is 1. The van der Waals surface area contributed by atoms with Crippen LogP contribution in [0, 0.1) is 11.7 Å². The van der Waals surface area contributed by atoms with Crippen molar-refractivity contribution < 1.29 is 13.9 Å². The number of carbonyl (C=O) groups is 1. The minimum atomic E-state index is -0.593. The van der Waals surface area contributed by atoms with Crippen molar-refractivity contribution in [1.82, 2.24) is 15.3 Å². The Hall–Kier alpha value is -2.45. The summed E-state index contributed by atoms with van der Waals surface area (Å²) in [7, 11) is 0. The topological polar surface area (TPSA) is 87.3 Å². The second kappa shape index (κ2) is 8.70. The van der Waals surface area contributed by atoms with Crippen molar-refractivity contribution in [2.75, 3.05) is 31.2 Å². The van der Waals surface area contributed by atoms with Crippen molar-refractivity contribution >= 4 is 23.5 Å². The van der Waals surface area contributed by atoms with E-state index in [0.29, 0.717) is 37.9 Å². The Labute approximate surface area is 166 Å². The quantitative estimate of drug-likeness (QED) is 0.793. The third-order valence-corrected chi connectivity index (χ3v) is 4.80. The molecule has 0 aliphatic carbocycles. The minimum Gasteiger partial charge on any atom is -0.378 e. The van der Waals surface area contributed by atoms with Gasteiger partial charge in [0.05, 0.1) is 30.0 Å². The molecule has 1 saturated heterocycles. The van der Waals surface area contributed by atoms with Gasteiger partial charge in [-0.25, -0.2) is 9.37 Å². The van der Waals surface area contributed by atoms with Crippen LogP contribution in [0.1, 0.15) is 35.9 Å². The second-order valence-corrected chi connectivity index (χ2v) is 7.32. The number of H-pyrrole nitrogens is 1. The molecule has 9 heteroatoms. The van der Waals surface area contributed by atoms with Crippen molar-refractivity contribution in [3.05, 3.63) is 56.7 Å². The molecular formula is C19H22ClFN4O3. The maximum atomic E-state index is 13.4. The number of carbonyl (C=O) groups excluding carboxylic acids is 1. The second-order valence-electron chi connectivity index (χ2n) is 6.92. The van der Waals surface area contributed by atoms with Gasteiger partial charge in [0, 0.05) is 24.7 Å². The fraction of sp³-hybridized carbons (Fsp3) is 0.421. The van der Waals surface area contributed by atoms with E-state index in [1.54, 1.807) is 0 Å². The van der Waals surface area contributed by atoms with E-state index in [-0.39, 0.29) is 22.1 Å². The van der Waals surface area contributed by atoms with Crippen molar-refractivity contribution in [2.24, 2.45) is 5.92 Å². The monoisotopic (exact) mass is 408 g/mol. The molecule has 1 aliphatic heterocycles. The summed E-state index contributed by atoms with van der Waals surface area (Å²) in [6, 6.07) is 4.65. The third kappa shape index (κ3) is 4.69. The maximum Gasteiger partial charge on any atom is 0.252 e. The SMILES string of the molecule is CC(C)C(NC(=O)c1ccc(F)c(Cl)c1)c1cc(=O)[nH]c(N2CCOCC2)n1. The molecule has 2 N–H and O–H groups in total. The molecule has 3 rings (SSSR count). The number of rotatable bonds is 5. The van der Waals surface area contributed by atoms with Gasteiger partial charge < -0.3 is 15.0 Å². The predicted molar refractivity (Wildman–Crippen MR) is 104 cm³/mol. The number of amides is 1. The molecule has 7 nitrogen and oxygen atoms in total. The lowest BCUT2D eigenvalue weighted by Crippen LogP contribution is -2.39. The summed E-state index contributed by atoms with van der Waals surface area (Å²) < 4.78 is 18.7. The first-order valence-corrected chi connectivity index (χ1v) is 9.43. The van der Waals surface area contributed by atoms with Crippen LogP contribution >= 0.6 is 11.6 Å². The Bertz CT molecular complexity index is 912. The van der Waals surface area contributed by atoms with E-state index in [1.807, 2.05) is 18.7 Å². The number of ether oxygens (including phenoxy) is 1. The number of nitrogens with one attached hydrogen (secondary N) is 2. The fourth-order valence-electron chi connectivity index (χ4n) is 2.99. The van der Waals surface area contributed by atoms with Gasteiger partial charge in [0.25, 0.3) is 11.5 Å². The zero-order valence-electron chi connectivity index (χ0n) is 15.7. The van der Waals surface area contributed by atoms with Gasteiger partial charge in [0.15, 0.2) is 0 Å². The van der Waals surface area contributed by atoms with Crippen LogP contribution in [-0.2, 0) is 4.74 Å². The maximum absolute atomic E-state index is 13.4. The summed E-state index contributed by atoms with van der Waals surface area (Å²) in [5, 5.41) is 2.75. The number of nitrogens with zero attached hydrogens (tertiary/aromatic N) is 2. The molecular weight excluding hydrogens is 387 g/mol. The Balaban J connectivity index is 1.87. The Morgan fingerprint density at radius 1 is 1.32 bits per heavy atom.